The first-order valence-corrected chi connectivity index (χ1v) is 7.05. The molecule has 2 heteroatoms. The average Bonchev–Trinajstić information content (AvgIpc) is 2.77. The molecule has 0 radical (unpaired) electrons. The van der Waals surface area contributed by atoms with Crippen LogP contribution in [0.25, 0.3) is 0 Å². The van der Waals surface area contributed by atoms with Crippen molar-refractivity contribution in [2.75, 3.05) is 5.75 Å². The number of aliphatic hydroxyl groups is 1. The fourth-order valence-corrected chi connectivity index (χ4v) is 3.64. The molecule has 1 aliphatic heterocycles. The lowest BCUT2D eigenvalue weighted by Gasteiger charge is -2.29. The van der Waals surface area contributed by atoms with Crippen LogP contribution in [-0.2, 0) is 6.42 Å². The number of rotatable bonds is 3. The van der Waals surface area contributed by atoms with E-state index in [4.69, 9.17) is 0 Å². The highest BCUT2D eigenvalue weighted by Gasteiger charge is 2.37. The van der Waals surface area contributed by atoms with Gasteiger partial charge in [0.1, 0.15) is 0 Å². The smallest absolute Gasteiger partial charge is 0.0933 e. The predicted molar refractivity (Wildman–Crippen MR) is 70.9 cm³/mol. The van der Waals surface area contributed by atoms with E-state index < -0.39 is 0 Å². The van der Waals surface area contributed by atoms with Crippen LogP contribution in [0, 0.1) is 0 Å². The van der Waals surface area contributed by atoms with Crippen molar-refractivity contribution in [2.45, 2.75) is 44.0 Å². The molecule has 0 spiro atoms. The van der Waals surface area contributed by atoms with E-state index in [0.717, 1.165) is 18.4 Å². The van der Waals surface area contributed by atoms with Crippen LogP contribution in [0.15, 0.2) is 24.3 Å². The summed E-state index contributed by atoms with van der Waals surface area (Å²) in [5.41, 5.74) is 2.40. The van der Waals surface area contributed by atoms with Gasteiger partial charge in [-0.1, -0.05) is 31.2 Å². The Bertz CT molecular complexity index is 338. The highest BCUT2D eigenvalue weighted by atomic mass is 32.2. The van der Waals surface area contributed by atoms with Crippen molar-refractivity contribution in [3.05, 3.63) is 35.4 Å². The summed E-state index contributed by atoms with van der Waals surface area (Å²) in [6, 6.07) is 8.41. The molecule has 1 fully saturated rings. The highest BCUT2D eigenvalue weighted by Crippen LogP contribution is 2.46. The van der Waals surface area contributed by atoms with Gasteiger partial charge in [0.2, 0.25) is 0 Å². The van der Waals surface area contributed by atoms with Gasteiger partial charge in [0.15, 0.2) is 0 Å². The van der Waals surface area contributed by atoms with Crippen molar-refractivity contribution in [2.24, 2.45) is 0 Å². The zero-order valence-electron chi connectivity index (χ0n) is 10.1. The van der Waals surface area contributed by atoms with Crippen molar-refractivity contribution < 1.29 is 5.11 Å². The first kappa shape index (κ1) is 12.0. The zero-order chi connectivity index (χ0) is 11.6. The molecule has 2 rings (SSSR count). The number of hydrogen-bond acceptors (Lipinski definition) is 2. The van der Waals surface area contributed by atoms with Gasteiger partial charge in [-0.15, -0.1) is 0 Å². The molecule has 1 heterocycles. The van der Waals surface area contributed by atoms with E-state index in [1.165, 1.54) is 17.7 Å². The molecular weight excluding hydrogens is 216 g/mol. The van der Waals surface area contributed by atoms with Crippen molar-refractivity contribution in [3.8, 4) is 0 Å². The van der Waals surface area contributed by atoms with Crippen LogP contribution in [0.5, 0.6) is 0 Å². The minimum Gasteiger partial charge on any atom is -0.387 e. The fraction of sp³-hybridized carbons (Fsp3) is 0.571. The molecule has 16 heavy (non-hydrogen) atoms. The van der Waals surface area contributed by atoms with Gasteiger partial charge in [-0.25, -0.2) is 0 Å². The number of benzene rings is 1. The number of aliphatic hydroxyl groups excluding tert-OH is 1. The van der Waals surface area contributed by atoms with Gasteiger partial charge in [-0.2, -0.15) is 11.8 Å². The molecule has 0 saturated carbocycles. The Morgan fingerprint density at radius 2 is 2.06 bits per heavy atom. The Morgan fingerprint density at radius 3 is 2.56 bits per heavy atom. The summed E-state index contributed by atoms with van der Waals surface area (Å²) in [6.45, 7) is 4.34. The molecule has 0 bridgehead atoms. The summed E-state index contributed by atoms with van der Waals surface area (Å²) in [6.07, 6.45) is 3.08. The lowest BCUT2D eigenvalue weighted by atomic mass is 9.92. The second-order valence-corrected chi connectivity index (χ2v) is 6.39. The van der Waals surface area contributed by atoms with Gasteiger partial charge in [-0.05, 0) is 43.1 Å². The predicted octanol–water partition coefficient (Wildman–Crippen LogP) is 3.57. The Labute approximate surface area is 102 Å². The third kappa shape index (κ3) is 2.28. The van der Waals surface area contributed by atoms with E-state index in [1.807, 2.05) is 11.8 Å². The normalized spacial score (nSPS) is 26.9. The standard InChI is InChI=1S/C14H20OS/c1-3-11-5-7-12(8-6-11)13(15)14(2)9-4-10-16-14/h5-8,13,15H,3-4,9-10H2,1-2H3. The van der Waals surface area contributed by atoms with Crippen LogP contribution in [0.2, 0.25) is 0 Å². The maximum absolute atomic E-state index is 10.4. The van der Waals surface area contributed by atoms with E-state index in [2.05, 4.69) is 38.1 Å². The summed E-state index contributed by atoms with van der Waals surface area (Å²) in [7, 11) is 0. The minimum atomic E-state index is -0.328. The first-order valence-electron chi connectivity index (χ1n) is 6.06. The van der Waals surface area contributed by atoms with E-state index in [9.17, 15) is 5.11 Å². The van der Waals surface area contributed by atoms with Gasteiger partial charge >= 0.3 is 0 Å². The summed E-state index contributed by atoms with van der Waals surface area (Å²) in [5.74, 6) is 1.18. The van der Waals surface area contributed by atoms with E-state index in [1.54, 1.807) is 0 Å². The van der Waals surface area contributed by atoms with Crippen molar-refractivity contribution >= 4 is 11.8 Å². The molecule has 1 saturated heterocycles. The topological polar surface area (TPSA) is 20.2 Å². The van der Waals surface area contributed by atoms with Crippen LogP contribution in [-0.4, -0.2) is 15.6 Å². The number of aryl methyl sites for hydroxylation is 1. The maximum atomic E-state index is 10.4. The Morgan fingerprint density at radius 1 is 1.38 bits per heavy atom. The molecule has 88 valence electrons. The largest absolute Gasteiger partial charge is 0.387 e. The highest BCUT2D eigenvalue weighted by molar-refractivity contribution is 8.00. The van der Waals surface area contributed by atoms with E-state index in [0.29, 0.717) is 0 Å². The van der Waals surface area contributed by atoms with E-state index >= 15 is 0 Å². The molecule has 2 atom stereocenters. The second kappa shape index (κ2) is 4.80. The molecule has 0 aliphatic carbocycles. The summed E-state index contributed by atoms with van der Waals surface area (Å²) in [5, 5.41) is 10.4. The maximum Gasteiger partial charge on any atom is 0.0933 e. The molecule has 1 N–H and O–H groups in total. The van der Waals surface area contributed by atoms with Gasteiger partial charge in [0.05, 0.1) is 6.10 Å². The van der Waals surface area contributed by atoms with Gasteiger partial charge < -0.3 is 5.11 Å². The van der Waals surface area contributed by atoms with Gasteiger partial charge in [0, 0.05) is 4.75 Å². The lowest BCUT2D eigenvalue weighted by molar-refractivity contribution is 0.135. The van der Waals surface area contributed by atoms with Crippen LogP contribution in [0.3, 0.4) is 0 Å². The summed E-state index contributed by atoms with van der Waals surface area (Å²) < 4.78 is 0.0216. The average molecular weight is 236 g/mol. The van der Waals surface area contributed by atoms with Crippen molar-refractivity contribution in [1.29, 1.82) is 0 Å². The zero-order valence-corrected chi connectivity index (χ0v) is 10.9. The quantitative estimate of drug-likeness (QED) is 0.866. The van der Waals surface area contributed by atoms with Gasteiger partial charge in [-0.3, -0.25) is 0 Å². The lowest BCUT2D eigenvalue weighted by Crippen LogP contribution is -2.26. The molecule has 1 aliphatic rings. The van der Waals surface area contributed by atoms with Crippen LogP contribution < -0.4 is 0 Å². The Kier molecular flexibility index (Phi) is 3.60. The number of hydrogen-bond donors (Lipinski definition) is 1. The SMILES string of the molecule is CCc1ccc(C(O)C2(C)CCCS2)cc1. The molecule has 2 unspecified atom stereocenters. The molecular formula is C14H20OS. The third-order valence-electron chi connectivity index (χ3n) is 3.53. The second-order valence-electron chi connectivity index (χ2n) is 4.76. The van der Waals surface area contributed by atoms with Gasteiger partial charge in [0.25, 0.3) is 0 Å². The molecule has 1 aromatic carbocycles. The fourth-order valence-electron chi connectivity index (χ4n) is 2.30. The van der Waals surface area contributed by atoms with Crippen LogP contribution >= 0.6 is 11.8 Å². The van der Waals surface area contributed by atoms with Crippen LogP contribution in [0.1, 0.15) is 43.9 Å². The molecule has 0 aromatic heterocycles. The Balaban J connectivity index is 2.16. The van der Waals surface area contributed by atoms with Crippen LogP contribution in [0.4, 0.5) is 0 Å². The molecule has 1 nitrogen and oxygen atoms in total. The first-order chi connectivity index (χ1) is 7.65. The van der Waals surface area contributed by atoms with E-state index in [-0.39, 0.29) is 10.9 Å². The minimum absolute atomic E-state index is 0.0216. The van der Waals surface area contributed by atoms with Crippen molar-refractivity contribution in [1.82, 2.24) is 0 Å². The monoisotopic (exact) mass is 236 g/mol. The summed E-state index contributed by atoms with van der Waals surface area (Å²) >= 11 is 1.91. The summed E-state index contributed by atoms with van der Waals surface area (Å²) in [4.78, 5) is 0. The number of thioether (sulfide) groups is 1. The van der Waals surface area contributed by atoms with Crippen molar-refractivity contribution in [3.63, 3.8) is 0 Å². The molecule has 0 amide bonds. The Hall–Kier alpha value is -0.470. The third-order valence-corrected chi connectivity index (χ3v) is 5.11. The molecule has 1 aromatic rings.